The molecule has 1 saturated heterocycles. The maximum atomic E-state index is 11.6. The number of hydrogen-bond donors (Lipinski definition) is 2. The number of aliphatic carboxylic acids is 1. The SMILES string of the molecule is O=C(O)C1CC(=O)N(CCC(O)c2ccccc2)C1. The minimum absolute atomic E-state index is 0.0662. The largest absolute Gasteiger partial charge is 0.481 e. The van der Waals surface area contributed by atoms with Gasteiger partial charge in [0, 0.05) is 19.5 Å². The van der Waals surface area contributed by atoms with Gasteiger partial charge < -0.3 is 15.1 Å². The number of carbonyl (C=O) groups excluding carboxylic acids is 1. The highest BCUT2D eigenvalue weighted by molar-refractivity contribution is 5.86. The number of nitrogens with zero attached hydrogens (tertiary/aromatic N) is 1. The van der Waals surface area contributed by atoms with E-state index in [9.17, 15) is 14.7 Å². The van der Waals surface area contributed by atoms with Crippen molar-refractivity contribution in [2.24, 2.45) is 5.92 Å². The summed E-state index contributed by atoms with van der Waals surface area (Å²) in [5, 5.41) is 18.9. The van der Waals surface area contributed by atoms with Crippen molar-refractivity contribution in [1.82, 2.24) is 4.90 Å². The quantitative estimate of drug-likeness (QED) is 0.832. The van der Waals surface area contributed by atoms with Gasteiger partial charge in [-0.1, -0.05) is 30.3 Å². The molecule has 0 aromatic heterocycles. The van der Waals surface area contributed by atoms with Crippen LogP contribution in [0.15, 0.2) is 30.3 Å². The number of amides is 1. The Morgan fingerprint density at radius 3 is 2.63 bits per heavy atom. The fraction of sp³-hybridized carbons (Fsp3) is 0.429. The number of carbonyl (C=O) groups is 2. The van der Waals surface area contributed by atoms with Crippen molar-refractivity contribution >= 4 is 11.9 Å². The summed E-state index contributed by atoms with van der Waals surface area (Å²) in [5.74, 6) is -1.69. The molecule has 2 rings (SSSR count). The highest BCUT2D eigenvalue weighted by atomic mass is 16.4. The molecule has 2 unspecified atom stereocenters. The molecule has 1 fully saturated rings. The summed E-state index contributed by atoms with van der Waals surface area (Å²) in [6, 6.07) is 9.23. The van der Waals surface area contributed by atoms with Gasteiger partial charge in [-0.15, -0.1) is 0 Å². The van der Waals surface area contributed by atoms with Crippen molar-refractivity contribution in [2.75, 3.05) is 13.1 Å². The number of likely N-dealkylation sites (tertiary alicyclic amines) is 1. The molecule has 1 aliphatic heterocycles. The molecule has 19 heavy (non-hydrogen) atoms. The van der Waals surface area contributed by atoms with E-state index in [1.807, 2.05) is 30.3 Å². The lowest BCUT2D eigenvalue weighted by molar-refractivity contribution is -0.141. The smallest absolute Gasteiger partial charge is 0.308 e. The minimum Gasteiger partial charge on any atom is -0.481 e. The van der Waals surface area contributed by atoms with E-state index in [0.717, 1.165) is 5.56 Å². The molecule has 0 spiro atoms. The molecule has 2 N–H and O–H groups in total. The van der Waals surface area contributed by atoms with E-state index in [1.165, 1.54) is 4.90 Å². The molecule has 0 bridgehead atoms. The van der Waals surface area contributed by atoms with Gasteiger partial charge in [0.25, 0.3) is 0 Å². The van der Waals surface area contributed by atoms with Crippen LogP contribution in [0.5, 0.6) is 0 Å². The number of aliphatic hydroxyl groups is 1. The summed E-state index contributed by atoms with van der Waals surface area (Å²) >= 11 is 0. The predicted molar refractivity (Wildman–Crippen MR) is 68.3 cm³/mol. The first-order valence-corrected chi connectivity index (χ1v) is 6.31. The summed E-state index contributed by atoms with van der Waals surface area (Å²) in [6.07, 6.45) is -0.142. The third kappa shape index (κ3) is 3.32. The third-order valence-electron chi connectivity index (χ3n) is 3.42. The molecule has 1 aromatic carbocycles. The van der Waals surface area contributed by atoms with Crippen LogP contribution in [-0.2, 0) is 9.59 Å². The van der Waals surface area contributed by atoms with Gasteiger partial charge in [0.1, 0.15) is 0 Å². The standard InChI is InChI=1S/C14H17NO4/c16-12(10-4-2-1-3-5-10)6-7-15-9-11(14(18)19)8-13(15)17/h1-5,11-12,16H,6-9H2,(H,18,19). The molecule has 1 aromatic rings. The zero-order valence-electron chi connectivity index (χ0n) is 10.5. The highest BCUT2D eigenvalue weighted by Crippen LogP contribution is 2.21. The molecule has 0 aliphatic carbocycles. The van der Waals surface area contributed by atoms with E-state index in [2.05, 4.69) is 0 Å². The summed E-state index contributed by atoms with van der Waals surface area (Å²) in [7, 11) is 0. The molecule has 5 nitrogen and oxygen atoms in total. The van der Waals surface area contributed by atoms with Crippen LogP contribution >= 0.6 is 0 Å². The van der Waals surface area contributed by atoms with Crippen LogP contribution in [0.4, 0.5) is 0 Å². The first kappa shape index (κ1) is 13.5. The normalized spacial score (nSPS) is 20.6. The molecule has 1 heterocycles. The Hall–Kier alpha value is -1.88. The van der Waals surface area contributed by atoms with Gasteiger partial charge in [-0.05, 0) is 12.0 Å². The van der Waals surface area contributed by atoms with E-state index in [4.69, 9.17) is 5.11 Å². The predicted octanol–water partition coefficient (Wildman–Crippen LogP) is 1.04. The number of carboxylic acids is 1. The van der Waals surface area contributed by atoms with Crippen LogP contribution < -0.4 is 0 Å². The third-order valence-corrected chi connectivity index (χ3v) is 3.42. The zero-order valence-corrected chi connectivity index (χ0v) is 10.5. The first-order valence-electron chi connectivity index (χ1n) is 6.31. The Morgan fingerprint density at radius 2 is 2.05 bits per heavy atom. The van der Waals surface area contributed by atoms with Gasteiger partial charge in [0.15, 0.2) is 0 Å². The average Bonchev–Trinajstić information content (AvgIpc) is 2.79. The molecular formula is C14H17NO4. The van der Waals surface area contributed by atoms with E-state index in [0.29, 0.717) is 13.0 Å². The summed E-state index contributed by atoms with van der Waals surface area (Å²) in [5.41, 5.74) is 0.809. The molecule has 2 atom stereocenters. The number of rotatable bonds is 5. The highest BCUT2D eigenvalue weighted by Gasteiger charge is 2.34. The maximum Gasteiger partial charge on any atom is 0.308 e. The minimum atomic E-state index is -0.931. The van der Waals surface area contributed by atoms with Gasteiger partial charge in [-0.25, -0.2) is 0 Å². The molecular weight excluding hydrogens is 246 g/mol. The second kappa shape index (κ2) is 5.84. The molecule has 5 heteroatoms. The molecule has 102 valence electrons. The Balaban J connectivity index is 1.86. The van der Waals surface area contributed by atoms with Crippen LogP contribution in [-0.4, -0.2) is 40.1 Å². The molecule has 1 amide bonds. The average molecular weight is 263 g/mol. The van der Waals surface area contributed by atoms with Crippen molar-refractivity contribution < 1.29 is 19.8 Å². The van der Waals surface area contributed by atoms with E-state index in [1.54, 1.807) is 0 Å². The van der Waals surface area contributed by atoms with Crippen LogP contribution in [0.2, 0.25) is 0 Å². The van der Waals surface area contributed by atoms with Gasteiger partial charge in [-0.3, -0.25) is 9.59 Å². The monoisotopic (exact) mass is 263 g/mol. The molecule has 1 aliphatic rings. The van der Waals surface area contributed by atoms with E-state index < -0.39 is 18.0 Å². The van der Waals surface area contributed by atoms with E-state index in [-0.39, 0.29) is 18.9 Å². The fourth-order valence-electron chi connectivity index (χ4n) is 2.27. The number of carboxylic acid groups (broad SMARTS) is 1. The lowest BCUT2D eigenvalue weighted by atomic mass is 10.1. The lowest BCUT2D eigenvalue weighted by Gasteiger charge is -2.18. The van der Waals surface area contributed by atoms with Gasteiger partial charge in [-0.2, -0.15) is 0 Å². The second-order valence-electron chi connectivity index (χ2n) is 4.79. The van der Waals surface area contributed by atoms with Crippen LogP contribution in [0.1, 0.15) is 24.5 Å². The van der Waals surface area contributed by atoms with Crippen LogP contribution in [0, 0.1) is 5.92 Å². The summed E-state index contributed by atoms with van der Waals surface area (Å²) < 4.78 is 0. The van der Waals surface area contributed by atoms with E-state index >= 15 is 0 Å². The number of aliphatic hydroxyl groups excluding tert-OH is 1. The zero-order chi connectivity index (χ0) is 13.8. The van der Waals surface area contributed by atoms with Gasteiger partial charge in [0.05, 0.1) is 12.0 Å². The van der Waals surface area contributed by atoms with Crippen molar-refractivity contribution in [1.29, 1.82) is 0 Å². The number of hydrogen-bond acceptors (Lipinski definition) is 3. The maximum absolute atomic E-state index is 11.6. The fourth-order valence-corrected chi connectivity index (χ4v) is 2.27. The van der Waals surface area contributed by atoms with Crippen molar-refractivity contribution in [3.05, 3.63) is 35.9 Å². The van der Waals surface area contributed by atoms with Crippen LogP contribution in [0.25, 0.3) is 0 Å². The molecule has 0 saturated carbocycles. The Morgan fingerprint density at radius 1 is 1.37 bits per heavy atom. The number of benzene rings is 1. The Labute approximate surface area is 111 Å². The first-order chi connectivity index (χ1) is 9.08. The lowest BCUT2D eigenvalue weighted by Crippen LogP contribution is -2.28. The Kier molecular flexibility index (Phi) is 4.16. The van der Waals surface area contributed by atoms with Gasteiger partial charge >= 0.3 is 5.97 Å². The Bertz CT molecular complexity index is 460. The summed E-state index contributed by atoms with van der Waals surface area (Å²) in [6.45, 7) is 0.633. The van der Waals surface area contributed by atoms with Crippen molar-refractivity contribution in [2.45, 2.75) is 18.9 Å². The summed E-state index contributed by atoms with van der Waals surface area (Å²) in [4.78, 5) is 24.0. The van der Waals surface area contributed by atoms with Gasteiger partial charge in [0.2, 0.25) is 5.91 Å². The topological polar surface area (TPSA) is 77.8 Å². The second-order valence-corrected chi connectivity index (χ2v) is 4.79. The van der Waals surface area contributed by atoms with Crippen molar-refractivity contribution in [3.63, 3.8) is 0 Å². The van der Waals surface area contributed by atoms with Crippen LogP contribution in [0.3, 0.4) is 0 Å². The molecule has 0 radical (unpaired) electrons. The van der Waals surface area contributed by atoms with Crippen molar-refractivity contribution in [3.8, 4) is 0 Å².